The molecule has 3 rings (SSSR count). The standard InChI is InChI=1S/C40H54N10O13/c1-40(2,3)63-38(59)43-16-10-6-9-13-30(51)41-17-21-47(33(54)24-50-20-15-31(52)46-37(50)58)23-32(53)42-18-22-48(26-35(56)61-4)34(55)25-49-19-14-29(44-36(49)57)45-39(60)62-27-28-11-7-5-8-12-28/h5,7-8,11-12,14-15,19-20H,6,9-10,13,16-18,21-27H2,1-4H3,(H,41,51)(H,42,53)(H,43,59)(H,46,52,58)(H,44,45,57,60). The minimum absolute atomic E-state index is 0.0203. The zero-order valence-corrected chi connectivity index (χ0v) is 35.6. The number of hydrogen-bond donors (Lipinski definition) is 5. The van der Waals surface area contributed by atoms with Crippen LogP contribution in [0, 0.1) is 0 Å². The highest BCUT2D eigenvalue weighted by Gasteiger charge is 2.22. The van der Waals surface area contributed by atoms with Crippen molar-refractivity contribution >= 4 is 47.6 Å². The van der Waals surface area contributed by atoms with Crippen LogP contribution in [0.15, 0.2) is 69.2 Å². The second-order valence-electron chi connectivity index (χ2n) is 14.8. The molecule has 0 aliphatic carbocycles. The Morgan fingerprint density at radius 1 is 0.730 bits per heavy atom. The maximum absolute atomic E-state index is 13.3. The van der Waals surface area contributed by atoms with Gasteiger partial charge in [0.05, 0.1) is 13.7 Å². The summed E-state index contributed by atoms with van der Waals surface area (Å²) in [5, 5.41) is 10.2. The molecule has 0 aliphatic heterocycles. The molecule has 23 heteroatoms. The molecule has 0 saturated carbocycles. The molecular weight excluding hydrogens is 828 g/mol. The van der Waals surface area contributed by atoms with E-state index in [0.717, 1.165) is 43.9 Å². The van der Waals surface area contributed by atoms with Crippen LogP contribution >= 0.6 is 0 Å². The molecule has 5 N–H and O–H groups in total. The summed E-state index contributed by atoms with van der Waals surface area (Å²) in [4.78, 5) is 133. The Kier molecular flexibility index (Phi) is 20.2. The smallest absolute Gasteiger partial charge is 0.413 e. The van der Waals surface area contributed by atoms with Gasteiger partial charge < -0.3 is 40.0 Å². The lowest BCUT2D eigenvalue weighted by Crippen LogP contribution is -2.48. The zero-order valence-electron chi connectivity index (χ0n) is 35.6. The van der Waals surface area contributed by atoms with Crippen LogP contribution in [0.25, 0.3) is 0 Å². The second kappa shape index (κ2) is 25.4. The lowest BCUT2D eigenvalue weighted by Gasteiger charge is -2.24. The largest absolute Gasteiger partial charge is 0.468 e. The first-order chi connectivity index (χ1) is 29.9. The summed E-state index contributed by atoms with van der Waals surface area (Å²) >= 11 is 0. The molecule has 0 unspecified atom stereocenters. The van der Waals surface area contributed by atoms with E-state index in [0.29, 0.717) is 25.8 Å². The predicted octanol–water partition coefficient (Wildman–Crippen LogP) is -0.310. The number of esters is 1. The van der Waals surface area contributed by atoms with Crippen LogP contribution in [0.3, 0.4) is 0 Å². The van der Waals surface area contributed by atoms with Crippen LogP contribution in [-0.4, -0.2) is 129 Å². The van der Waals surface area contributed by atoms with Gasteiger partial charge >= 0.3 is 29.5 Å². The van der Waals surface area contributed by atoms with E-state index < -0.39 is 84.6 Å². The van der Waals surface area contributed by atoms with E-state index in [4.69, 9.17) is 14.2 Å². The molecule has 23 nitrogen and oxygen atoms in total. The third-order valence-electron chi connectivity index (χ3n) is 8.57. The summed E-state index contributed by atoms with van der Waals surface area (Å²) in [5.74, 6) is -3.35. The number of carbonyl (C=O) groups excluding carboxylic acids is 7. The summed E-state index contributed by atoms with van der Waals surface area (Å²) in [6.07, 6.45) is 2.87. The van der Waals surface area contributed by atoms with E-state index in [9.17, 15) is 47.9 Å². The van der Waals surface area contributed by atoms with E-state index in [1.807, 2.05) is 11.1 Å². The van der Waals surface area contributed by atoms with Crippen LogP contribution < -0.4 is 38.2 Å². The molecule has 0 atom stereocenters. The van der Waals surface area contributed by atoms with Crippen molar-refractivity contribution in [3.05, 3.63) is 91.7 Å². The molecule has 1 aromatic carbocycles. The number of nitrogens with one attached hydrogen (secondary N) is 5. The average molecular weight is 883 g/mol. The summed E-state index contributed by atoms with van der Waals surface area (Å²) in [5.41, 5.74) is -2.30. The fourth-order valence-electron chi connectivity index (χ4n) is 5.42. The molecule has 0 aliphatic rings. The molecule has 0 saturated heterocycles. The molecule has 0 bridgehead atoms. The first kappa shape index (κ1) is 50.0. The van der Waals surface area contributed by atoms with Gasteiger partial charge in [0.15, 0.2) is 0 Å². The highest BCUT2D eigenvalue weighted by molar-refractivity contribution is 5.85. The van der Waals surface area contributed by atoms with Crippen molar-refractivity contribution in [2.24, 2.45) is 0 Å². The SMILES string of the molecule is COC(=O)CN(CCNC(=O)CN(CCNC(=O)CCCCCNC(=O)OC(C)(C)C)C(=O)Cn1ccc(=O)[nH]c1=O)C(=O)Cn1ccc(NC(=O)OCc2ccccc2)nc1=O. The van der Waals surface area contributed by atoms with Gasteiger partial charge in [0.1, 0.15) is 37.7 Å². The van der Waals surface area contributed by atoms with Crippen molar-refractivity contribution in [3.8, 4) is 0 Å². The van der Waals surface area contributed by atoms with Crippen molar-refractivity contribution in [3.63, 3.8) is 0 Å². The fourth-order valence-corrected chi connectivity index (χ4v) is 5.42. The molecule has 0 fully saturated rings. The van der Waals surface area contributed by atoms with Crippen molar-refractivity contribution < 1.29 is 47.8 Å². The van der Waals surface area contributed by atoms with Gasteiger partial charge in [-0.1, -0.05) is 36.8 Å². The van der Waals surface area contributed by atoms with Crippen LogP contribution in [0.5, 0.6) is 0 Å². The van der Waals surface area contributed by atoms with Gasteiger partial charge in [0.2, 0.25) is 23.6 Å². The predicted molar refractivity (Wildman–Crippen MR) is 224 cm³/mol. The number of rotatable bonds is 23. The number of methoxy groups -OCH3 is 1. The van der Waals surface area contributed by atoms with Gasteiger partial charge in [0, 0.05) is 57.6 Å². The number of hydrogen-bond acceptors (Lipinski definition) is 14. The van der Waals surface area contributed by atoms with Crippen LogP contribution in [0.2, 0.25) is 0 Å². The first-order valence-electron chi connectivity index (χ1n) is 19.9. The number of aromatic amines is 1. The van der Waals surface area contributed by atoms with Gasteiger partial charge in [-0.25, -0.2) is 19.2 Å². The molecule has 63 heavy (non-hydrogen) atoms. The number of alkyl carbamates (subject to hydrolysis) is 1. The van der Waals surface area contributed by atoms with Crippen molar-refractivity contribution in [2.75, 3.05) is 58.2 Å². The van der Waals surface area contributed by atoms with E-state index in [1.165, 1.54) is 12.3 Å². The van der Waals surface area contributed by atoms with Gasteiger partial charge in [-0.2, -0.15) is 4.98 Å². The van der Waals surface area contributed by atoms with E-state index in [-0.39, 0.29) is 50.9 Å². The zero-order chi connectivity index (χ0) is 46.4. The van der Waals surface area contributed by atoms with Crippen LogP contribution in [0.4, 0.5) is 15.4 Å². The molecule has 2 heterocycles. The van der Waals surface area contributed by atoms with Crippen molar-refractivity contribution in [2.45, 2.75) is 71.8 Å². The molecule has 342 valence electrons. The Labute approximate surface area is 361 Å². The quantitative estimate of drug-likeness (QED) is 0.0464. The monoisotopic (exact) mass is 882 g/mol. The number of H-pyrrole nitrogens is 1. The van der Waals surface area contributed by atoms with Crippen molar-refractivity contribution in [1.82, 2.24) is 44.9 Å². The number of benzene rings is 1. The lowest BCUT2D eigenvalue weighted by molar-refractivity contribution is -0.147. The third kappa shape index (κ3) is 19.7. The maximum Gasteiger partial charge on any atom is 0.413 e. The number of unbranched alkanes of at least 4 members (excludes halogenated alkanes) is 2. The average Bonchev–Trinajstić information content (AvgIpc) is 3.22. The fraction of sp³-hybridized carbons (Fsp3) is 0.475. The van der Waals surface area contributed by atoms with Gasteiger partial charge in [-0.15, -0.1) is 0 Å². The summed E-state index contributed by atoms with van der Waals surface area (Å²) in [7, 11) is 1.11. The summed E-state index contributed by atoms with van der Waals surface area (Å²) in [6.45, 7) is 2.78. The maximum atomic E-state index is 13.3. The van der Waals surface area contributed by atoms with E-state index in [1.54, 1.807) is 45.0 Å². The number of ether oxygens (including phenoxy) is 3. The summed E-state index contributed by atoms with van der Waals surface area (Å²) in [6, 6.07) is 11.2. The number of aromatic nitrogens is 4. The minimum Gasteiger partial charge on any atom is -0.468 e. The van der Waals surface area contributed by atoms with E-state index in [2.05, 4.69) is 26.3 Å². The molecule has 2 aromatic heterocycles. The number of carbonyl (C=O) groups is 7. The topological polar surface area (TPSA) is 292 Å². The minimum atomic E-state index is -0.898. The highest BCUT2D eigenvalue weighted by atomic mass is 16.6. The second-order valence-corrected chi connectivity index (χ2v) is 14.8. The van der Waals surface area contributed by atoms with Gasteiger partial charge in [-0.3, -0.25) is 48.2 Å². The van der Waals surface area contributed by atoms with Crippen LogP contribution in [0.1, 0.15) is 52.0 Å². The Bertz CT molecular complexity index is 2220. The Morgan fingerprint density at radius 2 is 1.37 bits per heavy atom. The number of amides is 6. The Hall–Kier alpha value is -7.33. The van der Waals surface area contributed by atoms with Gasteiger partial charge in [-0.05, 0) is 45.2 Å². The van der Waals surface area contributed by atoms with E-state index >= 15 is 0 Å². The van der Waals surface area contributed by atoms with Gasteiger partial charge in [0.25, 0.3) is 5.56 Å². The highest BCUT2D eigenvalue weighted by Crippen LogP contribution is 2.07. The van der Waals surface area contributed by atoms with Crippen molar-refractivity contribution in [1.29, 1.82) is 0 Å². The normalized spacial score (nSPS) is 10.8. The molecule has 0 radical (unpaired) electrons. The lowest BCUT2D eigenvalue weighted by atomic mass is 10.2. The Morgan fingerprint density at radius 3 is 2.00 bits per heavy atom. The number of anilines is 1. The number of nitrogens with zero attached hydrogens (tertiary/aromatic N) is 5. The molecule has 3 aromatic rings. The molecule has 0 spiro atoms. The summed E-state index contributed by atoms with van der Waals surface area (Å²) < 4.78 is 16.9. The van der Waals surface area contributed by atoms with Crippen LogP contribution in [-0.2, 0) is 57.9 Å². The third-order valence-corrected chi connectivity index (χ3v) is 8.57. The molecular formula is C40H54N10O13. The Balaban J connectivity index is 1.54. The first-order valence-corrected chi connectivity index (χ1v) is 19.9. The molecule has 6 amide bonds.